The summed E-state index contributed by atoms with van der Waals surface area (Å²) >= 11 is 0. The molecule has 1 aliphatic carbocycles. The third-order valence-electron chi connectivity index (χ3n) is 4.52. The average molecular weight is 277 g/mol. The van der Waals surface area contributed by atoms with Gasteiger partial charge in [-0.25, -0.2) is 0 Å². The molecule has 110 valence electrons. The van der Waals surface area contributed by atoms with E-state index >= 15 is 0 Å². The molecule has 2 heterocycles. The van der Waals surface area contributed by atoms with Crippen LogP contribution in [-0.4, -0.2) is 56.7 Å². The highest BCUT2D eigenvalue weighted by Gasteiger charge is 2.27. The van der Waals surface area contributed by atoms with E-state index in [1.807, 2.05) is 11.6 Å². The van der Waals surface area contributed by atoms with Crippen molar-refractivity contribution in [2.45, 2.75) is 32.2 Å². The second-order valence-corrected chi connectivity index (χ2v) is 6.06. The molecule has 1 aromatic heterocycles. The van der Waals surface area contributed by atoms with Crippen molar-refractivity contribution in [2.75, 3.05) is 26.2 Å². The summed E-state index contributed by atoms with van der Waals surface area (Å²) in [6.45, 7) is 3.98. The number of carbonyl (C=O) groups is 1. The van der Waals surface area contributed by atoms with Gasteiger partial charge in [-0.3, -0.25) is 9.69 Å². The Labute approximate surface area is 119 Å². The van der Waals surface area contributed by atoms with Gasteiger partial charge in [0, 0.05) is 26.7 Å². The zero-order valence-electron chi connectivity index (χ0n) is 12.2. The average Bonchev–Trinajstić information content (AvgIpc) is 3.06. The fraction of sp³-hybridized carbons (Fsp3) is 0.786. The number of aryl methyl sites for hydroxylation is 1. The molecule has 2 fully saturated rings. The lowest BCUT2D eigenvalue weighted by Gasteiger charge is -2.35. The van der Waals surface area contributed by atoms with E-state index in [9.17, 15) is 4.79 Å². The Balaban J connectivity index is 1.51. The molecule has 0 atom stereocenters. The monoisotopic (exact) mass is 277 g/mol. The van der Waals surface area contributed by atoms with Crippen molar-refractivity contribution < 1.29 is 4.79 Å². The Kier molecular flexibility index (Phi) is 4.00. The lowest BCUT2D eigenvalue weighted by atomic mass is 10.1. The molecular weight excluding hydrogens is 254 g/mol. The van der Waals surface area contributed by atoms with Gasteiger partial charge in [-0.2, -0.15) is 0 Å². The molecule has 1 aliphatic heterocycles. The summed E-state index contributed by atoms with van der Waals surface area (Å²) in [5.74, 6) is 1.93. The fourth-order valence-corrected chi connectivity index (χ4v) is 3.24. The molecule has 0 spiro atoms. The van der Waals surface area contributed by atoms with Gasteiger partial charge in [0.2, 0.25) is 5.91 Å². The minimum atomic E-state index is 0.269. The maximum Gasteiger partial charge on any atom is 0.236 e. The molecule has 0 N–H and O–H groups in total. The number of rotatable bonds is 4. The van der Waals surface area contributed by atoms with E-state index in [0.717, 1.165) is 31.4 Å². The molecule has 0 aromatic carbocycles. The van der Waals surface area contributed by atoms with E-state index in [4.69, 9.17) is 0 Å². The zero-order valence-corrected chi connectivity index (χ0v) is 12.2. The van der Waals surface area contributed by atoms with Crippen LogP contribution >= 0.6 is 0 Å². The minimum Gasteiger partial charge on any atom is -0.340 e. The van der Waals surface area contributed by atoms with Gasteiger partial charge in [0.15, 0.2) is 0 Å². The van der Waals surface area contributed by atoms with Crippen LogP contribution in [0, 0.1) is 5.92 Å². The minimum absolute atomic E-state index is 0.269. The Bertz CT molecular complexity index is 466. The third kappa shape index (κ3) is 3.00. The second kappa shape index (κ2) is 5.91. The van der Waals surface area contributed by atoms with E-state index < -0.39 is 0 Å². The highest BCUT2D eigenvalue weighted by atomic mass is 16.2. The molecule has 6 heteroatoms. The first-order valence-corrected chi connectivity index (χ1v) is 7.55. The lowest BCUT2D eigenvalue weighted by Crippen LogP contribution is -2.51. The van der Waals surface area contributed by atoms with Gasteiger partial charge >= 0.3 is 0 Å². The Morgan fingerprint density at radius 3 is 2.75 bits per heavy atom. The summed E-state index contributed by atoms with van der Waals surface area (Å²) in [6.07, 6.45) is 6.97. The maximum absolute atomic E-state index is 12.2. The van der Waals surface area contributed by atoms with Crippen LogP contribution in [0.2, 0.25) is 0 Å². The largest absolute Gasteiger partial charge is 0.340 e. The number of hydrogen-bond acceptors (Lipinski definition) is 4. The van der Waals surface area contributed by atoms with Crippen molar-refractivity contribution >= 4 is 5.91 Å². The standard InChI is InChI=1S/C14H23N5O/c1-17-11-15-16-13(17)9-18-6-7-19(14(20)10-18)8-12-4-2-3-5-12/h11-12H,2-10H2,1H3. The number of hydrogen-bond donors (Lipinski definition) is 0. The summed E-state index contributed by atoms with van der Waals surface area (Å²) < 4.78 is 1.91. The van der Waals surface area contributed by atoms with Crippen LogP contribution in [0.4, 0.5) is 0 Å². The van der Waals surface area contributed by atoms with Gasteiger partial charge < -0.3 is 9.47 Å². The van der Waals surface area contributed by atoms with Gasteiger partial charge in [0.25, 0.3) is 0 Å². The summed E-state index contributed by atoms with van der Waals surface area (Å²) in [6, 6.07) is 0. The van der Waals surface area contributed by atoms with Gasteiger partial charge in [-0.15, -0.1) is 10.2 Å². The van der Waals surface area contributed by atoms with Crippen molar-refractivity contribution in [3.8, 4) is 0 Å². The van der Waals surface area contributed by atoms with Gasteiger partial charge in [-0.05, 0) is 18.8 Å². The predicted octanol–water partition coefficient (Wildman–Crippen LogP) is 0.649. The topological polar surface area (TPSA) is 54.3 Å². The van der Waals surface area contributed by atoms with Crippen LogP contribution < -0.4 is 0 Å². The summed E-state index contributed by atoms with van der Waals surface area (Å²) in [5, 5.41) is 7.96. The van der Waals surface area contributed by atoms with Crippen LogP contribution in [0.3, 0.4) is 0 Å². The van der Waals surface area contributed by atoms with Crippen molar-refractivity contribution in [2.24, 2.45) is 13.0 Å². The maximum atomic E-state index is 12.2. The molecule has 1 aromatic rings. The van der Waals surface area contributed by atoms with Crippen molar-refractivity contribution in [1.82, 2.24) is 24.6 Å². The Hall–Kier alpha value is -1.43. The Morgan fingerprint density at radius 1 is 1.30 bits per heavy atom. The highest BCUT2D eigenvalue weighted by Crippen LogP contribution is 2.26. The lowest BCUT2D eigenvalue weighted by molar-refractivity contribution is -0.137. The van der Waals surface area contributed by atoms with Crippen LogP contribution in [0.15, 0.2) is 6.33 Å². The number of piperazine rings is 1. The van der Waals surface area contributed by atoms with Crippen LogP contribution in [0.25, 0.3) is 0 Å². The van der Waals surface area contributed by atoms with Crippen LogP contribution in [0.5, 0.6) is 0 Å². The molecular formula is C14H23N5O. The van der Waals surface area contributed by atoms with Crippen molar-refractivity contribution in [3.05, 3.63) is 12.2 Å². The molecule has 0 unspecified atom stereocenters. The van der Waals surface area contributed by atoms with Gasteiger partial charge in [0.05, 0.1) is 13.1 Å². The second-order valence-electron chi connectivity index (χ2n) is 6.06. The molecule has 3 rings (SSSR count). The SMILES string of the molecule is Cn1cnnc1CN1CCN(CC2CCCC2)C(=O)C1. The molecule has 20 heavy (non-hydrogen) atoms. The molecule has 0 bridgehead atoms. The normalized spacial score (nSPS) is 21.9. The third-order valence-corrected chi connectivity index (χ3v) is 4.52. The van der Waals surface area contributed by atoms with Gasteiger partial charge in [0.1, 0.15) is 12.2 Å². The molecule has 1 amide bonds. The quantitative estimate of drug-likeness (QED) is 0.811. The highest BCUT2D eigenvalue weighted by molar-refractivity contribution is 5.79. The number of nitrogens with zero attached hydrogens (tertiary/aromatic N) is 5. The van der Waals surface area contributed by atoms with Gasteiger partial charge in [-0.1, -0.05) is 12.8 Å². The molecule has 1 saturated heterocycles. The van der Waals surface area contributed by atoms with Crippen molar-refractivity contribution in [1.29, 1.82) is 0 Å². The summed E-state index contributed by atoms with van der Waals surface area (Å²) in [5.41, 5.74) is 0. The van der Waals surface area contributed by atoms with Crippen LogP contribution in [-0.2, 0) is 18.4 Å². The Morgan fingerprint density at radius 2 is 2.10 bits per heavy atom. The van der Waals surface area contributed by atoms with E-state index in [-0.39, 0.29) is 5.91 Å². The van der Waals surface area contributed by atoms with E-state index in [2.05, 4.69) is 20.0 Å². The molecule has 0 radical (unpaired) electrons. The smallest absolute Gasteiger partial charge is 0.236 e. The fourth-order valence-electron chi connectivity index (χ4n) is 3.24. The summed E-state index contributed by atoms with van der Waals surface area (Å²) in [7, 11) is 1.94. The first-order chi connectivity index (χ1) is 9.72. The first kappa shape index (κ1) is 13.5. The van der Waals surface area contributed by atoms with E-state index in [1.165, 1.54) is 25.7 Å². The first-order valence-electron chi connectivity index (χ1n) is 7.55. The van der Waals surface area contributed by atoms with Crippen LogP contribution in [0.1, 0.15) is 31.5 Å². The number of aromatic nitrogens is 3. The molecule has 6 nitrogen and oxygen atoms in total. The predicted molar refractivity (Wildman–Crippen MR) is 74.8 cm³/mol. The zero-order chi connectivity index (χ0) is 13.9. The van der Waals surface area contributed by atoms with E-state index in [0.29, 0.717) is 13.1 Å². The summed E-state index contributed by atoms with van der Waals surface area (Å²) in [4.78, 5) is 16.5. The molecule has 1 saturated carbocycles. The van der Waals surface area contributed by atoms with Crippen molar-refractivity contribution in [3.63, 3.8) is 0 Å². The number of carbonyl (C=O) groups excluding carboxylic acids is 1. The number of amides is 1. The van der Waals surface area contributed by atoms with E-state index in [1.54, 1.807) is 6.33 Å². The molecule has 2 aliphatic rings.